The number of ether oxygens (including phenoxy) is 1. The highest BCUT2D eigenvalue weighted by atomic mass is 35.5. The van der Waals surface area contributed by atoms with Crippen molar-refractivity contribution in [1.29, 1.82) is 0 Å². The molecule has 0 fully saturated rings. The Morgan fingerprint density at radius 2 is 1.49 bits per heavy atom. The van der Waals surface area contributed by atoms with Crippen molar-refractivity contribution in [2.75, 3.05) is 18.4 Å². The predicted octanol–water partition coefficient (Wildman–Crippen LogP) is 6.66. The molecule has 0 unspecified atom stereocenters. The van der Waals surface area contributed by atoms with E-state index in [-0.39, 0.29) is 21.5 Å². The van der Waals surface area contributed by atoms with Gasteiger partial charge in [0.15, 0.2) is 5.75 Å². The first-order chi connectivity index (χ1) is 17.8. The number of nitrogens with one attached hydrogen (secondary N) is 1. The van der Waals surface area contributed by atoms with Crippen LogP contribution >= 0.6 is 23.2 Å². The van der Waals surface area contributed by atoms with Crippen LogP contribution in [0.3, 0.4) is 0 Å². The van der Waals surface area contributed by atoms with Crippen molar-refractivity contribution in [2.45, 2.75) is 11.3 Å². The maximum Gasteiger partial charge on any atom is 0.245 e. The number of nitrogens with zero attached hydrogens (tertiary/aromatic N) is 1. The Morgan fingerprint density at radius 3 is 2.22 bits per heavy atom. The number of carbonyl (C=O) groups excluding carboxylic acids is 1. The second-order valence-electron chi connectivity index (χ2n) is 8.11. The summed E-state index contributed by atoms with van der Waals surface area (Å²) in [5.74, 6) is 0.504. The van der Waals surface area contributed by atoms with Gasteiger partial charge in [-0.2, -0.15) is 4.31 Å². The van der Waals surface area contributed by atoms with Gasteiger partial charge >= 0.3 is 0 Å². The van der Waals surface area contributed by atoms with Crippen molar-refractivity contribution in [1.82, 2.24) is 4.31 Å². The Kier molecular flexibility index (Phi) is 8.84. The highest BCUT2D eigenvalue weighted by Gasteiger charge is 2.29. The third kappa shape index (κ3) is 7.11. The fraction of sp³-hybridized carbons (Fsp3) is 0.107. The first-order valence-electron chi connectivity index (χ1n) is 11.4. The molecule has 0 atom stereocenters. The molecule has 0 bridgehead atoms. The first kappa shape index (κ1) is 26.7. The molecule has 0 heterocycles. The average Bonchev–Trinajstić information content (AvgIpc) is 2.90. The third-order valence-electron chi connectivity index (χ3n) is 5.46. The molecule has 0 aliphatic heterocycles. The fourth-order valence-corrected chi connectivity index (χ4v) is 5.76. The monoisotopic (exact) mass is 554 g/mol. The summed E-state index contributed by atoms with van der Waals surface area (Å²) in [6.07, 6.45) is 0.402. The minimum Gasteiger partial charge on any atom is -0.455 e. The molecule has 4 rings (SSSR count). The van der Waals surface area contributed by atoms with Gasteiger partial charge < -0.3 is 10.1 Å². The summed E-state index contributed by atoms with van der Waals surface area (Å²) in [6, 6.07) is 29.7. The Morgan fingerprint density at radius 1 is 0.838 bits per heavy atom. The zero-order valence-electron chi connectivity index (χ0n) is 19.7. The lowest BCUT2D eigenvalue weighted by molar-refractivity contribution is -0.116. The van der Waals surface area contributed by atoms with Crippen LogP contribution in [0.25, 0.3) is 0 Å². The van der Waals surface area contributed by atoms with Crippen LogP contribution in [0.5, 0.6) is 11.5 Å². The van der Waals surface area contributed by atoms with Crippen LogP contribution in [-0.4, -0.2) is 31.7 Å². The van der Waals surface area contributed by atoms with Gasteiger partial charge in [0.05, 0.1) is 17.3 Å². The maximum atomic E-state index is 13.6. The van der Waals surface area contributed by atoms with E-state index in [4.69, 9.17) is 27.9 Å². The molecule has 0 saturated heterocycles. The molecule has 6 nitrogen and oxygen atoms in total. The van der Waals surface area contributed by atoms with Crippen LogP contribution < -0.4 is 10.1 Å². The van der Waals surface area contributed by atoms with Crippen LogP contribution in [-0.2, 0) is 21.2 Å². The number of benzene rings is 4. The molecule has 1 N–H and O–H groups in total. The molecule has 1 amide bonds. The summed E-state index contributed by atoms with van der Waals surface area (Å²) < 4.78 is 34.2. The first-order valence-corrected chi connectivity index (χ1v) is 13.6. The van der Waals surface area contributed by atoms with Gasteiger partial charge in [-0.1, -0.05) is 83.9 Å². The largest absolute Gasteiger partial charge is 0.455 e. The number of para-hydroxylation sites is 3. The lowest BCUT2D eigenvalue weighted by Gasteiger charge is -2.23. The number of sulfonamides is 1. The van der Waals surface area contributed by atoms with Gasteiger partial charge in [0.2, 0.25) is 15.9 Å². The van der Waals surface area contributed by atoms with Crippen LogP contribution in [0.4, 0.5) is 5.69 Å². The van der Waals surface area contributed by atoms with Gasteiger partial charge in [0.1, 0.15) is 10.6 Å². The molecule has 37 heavy (non-hydrogen) atoms. The fourth-order valence-electron chi connectivity index (χ4n) is 3.62. The maximum absolute atomic E-state index is 13.6. The smallest absolute Gasteiger partial charge is 0.245 e. The number of hydrogen-bond acceptors (Lipinski definition) is 4. The SMILES string of the molecule is O=C(CN(CCc1ccccc1)S(=O)(=O)c1cc(Cl)ccc1Cl)Nc1ccccc1Oc1ccccc1. The number of anilines is 1. The molecule has 4 aromatic rings. The number of rotatable bonds is 10. The van der Waals surface area contributed by atoms with Crippen LogP contribution in [0.15, 0.2) is 108 Å². The Balaban J connectivity index is 1.57. The second-order valence-corrected chi connectivity index (χ2v) is 10.9. The van der Waals surface area contributed by atoms with E-state index in [2.05, 4.69) is 5.32 Å². The van der Waals surface area contributed by atoms with Gasteiger partial charge in [-0.05, 0) is 54.4 Å². The van der Waals surface area contributed by atoms with Crippen molar-refractivity contribution >= 4 is 44.8 Å². The van der Waals surface area contributed by atoms with E-state index in [9.17, 15) is 13.2 Å². The molecule has 4 aromatic carbocycles. The summed E-state index contributed by atoms with van der Waals surface area (Å²) >= 11 is 12.3. The number of hydrogen-bond donors (Lipinski definition) is 1. The normalized spacial score (nSPS) is 11.3. The molecular weight excluding hydrogens is 531 g/mol. The van der Waals surface area contributed by atoms with Gasteiger partial charge in [0, 0.05) is 11.6 Å². The molecule has 0 aliphatic carbocycles. The van der Waals surface area contributed by atoms with Crippen LogP contribution in [0.1, 0.15) is 5.56 Å². The summed E-state index contributed by atoms with van der Waals surface area (Å²) in [6.45, 7) is -0.373. The van der Waals surface area contributed by atoms with Crippen molar-refractivity contribution in [3.8, 4) is 11.5 Å². The van der Waals surface area contributed by atoms with Gasteiger partial charge in [-0.3, -0.25) is 4.79 Å². The third-order valence-corrected chi connectivity index (χ3v) is 8.02. The quantitative estimate of drug-likeness (QED) is 0.238. The van der Waals surface area contributed by atoms with Crippen LogP contribution in [0.2, 0.25) is 10.0 Å². The van der Waals surface area contributed by atoms with Gasteiger partial charge in [-0.25, -0.2) is 8.42 Å². The highest BCUT2D eigenvalue weighted by molar-refractivity contribution is 7.89. The molecule has 0 spiro atoms. The van der Waals surface area contributed by atoms with Crippen molar-refractivity contribution < 1.29 is 17.9 Å². The van der Waals surface area contributed by atoms with Gasteiger partial charge in [0.25, 0.3) is 0 Å². The lowest BCUT2D eigenvalue weighted by atomic mass is 10.1. The molecule has 0 saturated carbocycles. The van der Waals surface area contributed by atoms with Crippen molar-refractivity contribution in [2.24, 2.45) is 0 Å². The van der Waals surface area contributed by atoms with E-state index < -0.39 is 22.5 Å². The summed E-state index contributed by atoms with van der Waals surface area (Å²) in [7, 11) is -4.15. The van der Waals surface area contributed by atoms with Crippen molar-refractivity contribution in [3.05, 3.63) is 119 Å². The van der Waals surface area contributed by atoms with Crippen LogP contribution in [0, 0.1) is 0 Å². The topological polar surface area (TPSA) is 75.7 Å². The number of halogens is 2. The standard InChI is InChI=1S/C28H24Cl2N2O4S/c29-22-15-16-24(30)27(19-22)37(34,35)32(18-17-21-9-3-1-4-10-21)20-28(33)31-25-13-7-8-14-26(25)36-23-11-5-2-6-12-23/h1-16,19H,17-18,20H2,(H,31,33). The zero-order valence-corrected chi connectivity index (χ0v) is 22.0. The molecule has 190 valence electrons. The van der Waals surface area contributed by atoms with E-state index in [1.807, 2.05) is 48.5 Å². The Hall–Kier alpha value is -3.36. The molecule has 0 aromatic heterocycles. The lowest BCUT2D eigenvalue weighted by Crippen LogP contribution is -2.39. The minimum absolute atomic E-state index is 0.0242. The number of carbonyl (C=O) groups is 1. The Labute approximate surface area is 226 Å². The van der Waals surface area contributed by atoms with E-state index >= 15 is 0 Å². The van der Waals surface area contributed by atoms with E-state index in [1.54, 1.807) is 36.4 Å². The predicted molar refractivity (Wildman–Crippen MR) is 147 cm³/mol. The highest BCUT2D eigenvalue weighted by Crippen LogP contribution is 2.30. The summed E-state index contributed by atoms with van der Waals surface area (Å²) in [5.41, 5.74) is 1.35. The molecule has 0 radical (unpaired) electrons. The Bertz CT molecular complexity index is 1470. The zero-order chi connectivity index (χ0) is 26.3. The minimum atomic E-state index is -4.15. The summed E-state index contributed by atoms with van der Waals surface area (Å²) in [4.78, 5) is 13.0. The molecule has 0 aliphatic rings. The second kappa shape index (κ2) is 12.3. The molecular formula is C28H24Cl2N2O4S. The summed E-state index contributed by atoms with van der Waals surface area (Å²) in [5, 5.41) is 3.03. The molecule has 9 heteroatoms. The number of amides is 1. The van der Waals surface area contributed by atoms with Gasteiger partial charge in [-0.15, -0.1) is 0 Å². The van der Waals surface area contributed by atoms with E-state index in [0.717, 1.165) is 9.87 Å². The van der Waals surface area contributed by atoms with E-state index in [1.165, 1.54) is 18.2 Å². The van der Waals surface area contributed by atoms with E-state index in [0.29, 0.717) is 23.6 Å². The van der Waals surface area contributed by atoms with Crippen molar-refractivity contribution in [3.63, 3.8) is 0 Å². The average molecular weight is 555 g/mol.